The summed E-state index contributed by atoms with van der Waals surface area (Å²) >= 11 is 4.00. The second-order valence-corrected chi connectivity index (χ2v) is 11.3. The summed E-state index contributed by atoms with van der Waals surface area (Å²) in [5.74, 6) is -2.46. The lowest BCUT2D eigenvalue weighted by atomic mass is 9.93. The van der Waals surface area contributed by atoms with E-state index in [1.165, 1.54) is 22.9 Å². The summed E-state index contributed by atoms with van der Waals surface area (Å²) < 4.78 is 6.41. The van der Waals surface area contributed by atoms with Gasteiger partial charge in [0, 0.05) is 18.7 Å². The highest BCUT2D eigenvalue weighted by atomic mass is 32.1. The third-order valence-electron chi connectivity index (χ3n) is 6.35. The number of nitrogens with two attached hydrogens (primary N) is 1. The molecule has 1 aliphatic carbocycles. The number of hydrogen-bond donors (Lipinski definition) is 6. The van der Waals surface area contributed by atoms with Crippen molar-refractivity contribution in [3.8, 4) is 0 Å². The third kappa shape index (κ3) is 7.48. The number of pyridine rings is 1. The number of amides is 4. The Morgan fingerprint density at radius 3 is 2.46 bits per heavy atom. The molecular formula is C24H35N5O7S. The predicted octanol–water partition coefficient (Wildman–Crippen LogP) is 0.651. The number of rotatable bonds is 10. The minimum atomic E-state index is -2.44. The summed E-state index contributed by atoms with van der Waals surface area (Å²) in [7, 11) is 0. The van der Waals surface area contributed by atoms with Crippen molar-refractivity contribution in [3.05, 3.63) is 28.7 Å². The summed E-state index contributed by atoms with van der Waals surface area (Å²) in [6.07, 6.45) is 3.08. The van der Waals surface area contributed by atoms with Gasteiger partial charge in [-0.1, -0.05) is 12.8 Å². The quantitative estimate of drug-likeness (QED) is 0.187. The maximum Gasteiger partial charge on any atom is 0.412 e. The molecule has 1 saturated carbocycles. The predicted molar refractivity (Wildman–Crippen MR) is 138 cm³/mol. The molecule has 2 fully saturated rings. The zero-order valence-electron chi connectivity index (χ0n) is 21.2. The molecule has 13 heteroatoms. The molecule has 2 heterocycles. The summed E-state index contributed by atoms with van der Waals surface area (Å²) in [6, 6.07) is 0.600. The number of carbonyl (C=O) groups excluding carboxylic acids is 4. The highest BCUT2D eigenvalue weighted by Crippen LogP contribution is 2.37. The van der Waals surface area contributed by atoms with Crippen molar-refractivity contribution in [2.75, 3.05) is 11.9 Å². The number of nitrogens with zero attached hydrogens (tertiary/aromatic N) is 1. The van der Waals surface area contributed by atoms with Crippen LogP contribution in [0.3, 0.4) is 0 Å². The molecule has 3 rings (SSSR count). The molecule has 0 radical (unpaired) electrons. The van der Waals surface area contributed by atoms with E-state index in [0.29, 0.717) is 19.4 Å². The van der Waals surface area contributed by atoms with E-state index < -0.39 is 52.0 Å². The molecule has 204 valence electrons. The van der Waals surface area contributed by atoms with Crippen molar-refractivity contribution in [1.82, 2.24) is 15.2 Å². The molecular weight excluding hydrogens is 502 g/mol. The molecule has 0 bridgehead atoms. The molecule has 2 aliphatic rings. The van der Waals surface area contributed by atoms with Gasteiger partial charge in [0.2, 0.25) is 16.7 Å². The van der Waals surface area contributed by atoms with E-state index in [1.54, 1.807) is 20.8 Å². The first-order valence-electron chi connectivity index (χ1n) is 12.2. The molecule has 1 aromatic heterocycles. The number of aromatic nitrogens is 1. The van der Waals surface area contributed by atoms with Gasteiger partial charge < -0.3 is 30.8 Å². The van der Waals surface area contributed by atoms with Crippen LogP contribution in [0, 0.1) is 11.8 Å². The standard InChI is InChI=1S/C24H35N5O7S/c1-23(2,3)36-22(34)27-15-5-4-10-29(20(15)32)16(11-13-6-7-13)19(31)28-17(24(35,37)21(25)33)12-14-8-9-26-18(14)30/h4-5,10,13-14,16-17,35,37H,6-9,11-12H2,1-3H3,(H2,25,33)(H,26,30)(H,27,34)(H,28,31)/t14-,16-,17-,24-/m0/s1. The Kier molecular flexibility index (Phi) is 8.58. The van der Waals surface area contributed by atoms with Crippen molar-refractivity contribution in [3.63, 3.8) is 0 Å². The van der Waals surface area contributed by atoms with Gasteiger partial charge >= 0.3 is 6.09 Å². The Morgan fingerprint density at radius 1 is 1.24 bits per heavy atom. The van der Waals surface area contributed by atoms with Gasteiger partial charge in [0.25, 0.3) is 11.5 Å². The van der Waals surface area contributed by atoms with E-state index in [2.05, 4.69) is 28.6 Å². The second kappa shape index (κ2) is 11.1. The van der Waals surface area contributed by atoms with Crippen LogP contribution in [0.25, 0.3) is 0 Å². The van der Waals surface area contributed by atoms with Gasteiger partial charge in [0.1, 0.15) is 17.3 Å². The number of aliphatic hydroxyl groups is 1. The van der Waals surface area contributed by atoms with Gasteiger partial charge in [-0.15, -0.1) is 12.6 Å². The first-order valence-corrected chi connectivity index (χ1v) is 12.7. The topological polar surface area (TPSA) is 182 Å². The van der Waals surface area contributed by atoms with Gasteiger partial charge in [0.05, 0.1) is 6.04 Å². The van der Waals surface area contributed by atoms with Gasteiger partial charge in [0.15, 0.2) is 0 Å². The van der Waals surface area contributed by atoms with Crippen LogP contribution in [0.4, 0.5) is 10.5 Å². The van der Waals surface area contributed by atoms with Gasteiger partial charge in [-0.05, 0) is 58.1 Å². The average Bonchev–Trinajstić information content (AvgIpc) is 3.52. The maximum absolute atomic E-state index is 13.5. The Bertz CT molecular complexity index is 1110. The molecule has 37 heavy (non-hydrogen) atoms. The minimum Gasteiger partial charge on any atom is -0.444 e. The molecule has 0 unspecified atom stereocenters. The fourth-order valence-corrected chi connectivity index (χ4v) is 4.37. The van der Waals surface area contributed by atoms with E-state index in [9.17, 15) is 29.1 Å². The highest BCUT2D eigenvalue weighted by molar-refractivity contribution is 7.82. The fraction of sp³-hybridized carbons (Fsp3) is 0.625. The van der Waals surface area contributed by atoms with Crippen LogP contribution in [0.5, 0.6) is 0 Å². The second-order valence-electron chi connectivity index (χ2n) is 10.6. The van der Waals surface area contributed by atoms with E-state index >= 15 is 0 Å². The first kappa shape index (κ1) is 28.5. The molecule has 0 spiro atoms. The van der Waals surface area contributed by atoms with Crippen LogP contribution in [0.15, 0.2) is 23.1 Å². The Morgan fingerprint density at radius 2 is 1.92 bits per heavy atom. The summed E-state index contributed by atoms with van der Waals surface area (Å²) in [5.41, 5.74) is 3.86. The lowest BCUT2D eigenvalue weighted by molar-refractivity contribution is -0.134. The van der Waals surface area contributed by atoms with Crippen LogP contribution < -0.4 is 27.2 Å². The molecule has 4 amide bonds. The smallest absolute Gasteiger partial charge is 0.412 e. The third-order valence-corrected chi connectivity index (χ3v) is 6.88. The monoisotopic (exact) mass is 537 g/mol. The summed E-state index contributed by atoms with van der Waals surface area (Å²) in [6.45, 7) is 5.49. The number of anilines is 1. The largest absolute Gasteiger partial charge is 0.444 e. The van der Waals surface area contributed by atoms with Crippen LogP contribution in [0.1, 0.15) is 58.9 Å². The van der Waals surface area contributed by atoms with Gasteiger partial charge in [-0.3, -0.25) is 24.5 Å². The van der Waals surface area contributed by atoms with Crippen molar-refractivity contribution in [2.45, 2.75) is 75.5 Å². The molecule has 0 aromatic carbocycles. The molecule has 1 aromatic rings. The van der Waals surface area contributed by atoms with Crippen LogP contribution in [-0.4, -0.2) is 56.6 Å². The molecule has 6 N–H and O–H groups in total. The normalized spacial score (nSPS) is 20.8. The maximum atomic E-state index is 13.5. The minimum absolute atomic E-state index is 0.0765. The molecule has 4 atom stereocenters. The zero-order chi connectivity index (χ0) is 27.5. The highest BCUT2D eigenvalue weighted by Gasteiger charge is 2.44. The fourth-order valence-electron chi connectivity index (χ4n) is 4.20. The van der Waals surface area contributed by atoms with Gasteiger partial charge in [-0.2, -0.15) is 0 Å². The number of carbonyl (C=O) groups is 4. The zero-order valence-corrected chi connectivity index (χ0v) is 22.0. The Hall–Kier alpha value is -3.06. The van der Waals surface area contributed by atoms with Crippen molar-refractivity contribution < 1.29 is 29.0 Å². The summed E-state index contributed by atoms with van der Waals surface area (Å²) in [5, 5.41) is 18.4. The van der Waals surface area contributed by atoms with Crippen LogP contribution in [0.2, 0.25) is 0 Å². The number of ether oxygens (including phenoxy) is 1. The number of hydrogen-bond acceptors (Lipinski definition) is 8. The first-order chi connectivity index (χ1) is 17.2. The molecule has 12 nitrogen and oxygen atoms in total. The number of nitrogens with one attached hydrogen (secondary N) is 3. The SMILES string of the molecule is CC(C)(C)OC(=O)Nc1cccn([C@@H](CC2CC2)C(=O)N[C@@H](C[C@@H]2CCNC2=O)[C@](O)(S)C(N)=O)c1=O. The van der Waals surface area contributed by atoms with Crippen molar-refractivity contribution in [2.24, 2.45) is 17.6 Å². The lowest BCUT2D eigenvalue weighted by Crippen LogP contribution is -2.58. The van der Waals surface area contributed by atoms with E-state index in [1.807, 2.05) is 0 Å². The number of primary amides is 1. The number of thiol groups is 1. The lowest BCUT2D eigenvalue weighted by Gasteiger charge is -2.32. The van der Waals surface area contributed by atoms with E-state index in [4.69, 9.17) is 10.5 Å². The van der Waals surface area contributed by atoms with Crippen LogP contribution >= 0.6 is 12.6 Å². The van der Waals surface area contributed by atoms with Crippen molar-refractivity contribution in [1.29, 1.82) is 0 Å². The Labute approximate surface area is 220 Å². The average molecular weight is 538 g/mol. The van der Waals surface area contributed by atoms with Gasteiger partial charge in [-0.25, -0.2) is 4.79 Å². The van der Waals surface area contributed by atoms with E-state index in [0.717, 1.165) is 12.8 Å². The molecule has 1 saturated heterocycles. The summed E-state index contributed by atoms with van der Waals surface area (Å²) in [4.78, 5) is 60.7. The molecule has 1 aliphatic heterocycles. The Balaban J connectivity index is 1.87. The van der Waals surface area contributed by atoms with Crippen LogP contribution in [-0.2, 0) is 19.1 Å². The van der Waals surface area contributed by atoms with Crippen molar-refractivity contribution >= 4 is 42.1 Å². The van der Waals surface area contributed by atoms with E-state index in [-0.39, 0.29) is 23.9 Å².